The smallest absolute Gasteiger partial charge is 0.0355 e. The van der Waals surface area contributed by atoms with E-state index in [0.717, 1.165) is 0 Å². The van der Waals surface area contributed by atoms with Gasteiger partial charge in [-0.1, -0.05) is 72.8 Å². The summed E-state index contributed by atoms with van der Waals surface area (Å²) in [6.07, 6.45) is 0. The van der Waals surface area contributed by atoms with Crippen LogP contribution in [0.15, 0.2) is 84.9 Å². The zero-order valence-electron chi connectivity index (χ0n) is 11.5. The van der Waals surface area contributed by atoms with Crippen LogP contribution in [0.25, 0.3) is 31.7 Å². The predicted molar refractivity (Wildman–Crippen MR) is 92.7 cm³/mol. The second-order valence-corrected chi connectivity index (χ2v) is 6.14. The van der Waals surface area contributed by atoms with Crippen molar-refractivity contribution in [1.29, 1.82) is 0 Å². The van der Waals surface area contributed by atoms with Crippen molar-refractivity contribution in [1.82, 2.24) is 0 Å². The minimum Gasteiger partial charge on any atom is -0.135 e. The molecule has 3 aromatic carbocycles. The summed E-state index contributed by atoms with van der Waals surface area (Å²) in [6.45, 7) is 0. The molecule has 0 saturated heterocycles. The van der Waals surface area contributed by atoms with Crippen LogP contribution in [0, 0.1) is 0 Å². The standard InChI is InChI=1S/C20H14S/c1-2-8-16(9-3-1)19-13-14-20(21-19)18-12-6-10-15-7-4-5-11-17(15)18/h1-14H. The third-order valence-corrected chi connectivity index (χ3v) is 4.89. The molecule has 0 spiro atoms. The van der Waals surface area contributed by atoms with Crippen LogP contribution in [-0.2, 0) is 0 Å². The number of rotatable bonds is 2. The number of hydrogen-bond donors (Lipinski definition) is 0. The van der Waals surface area contributed by atoms with Gasteiger partial charge in [0.15, 0.2) is 0 Å². The third-order valence-electron chi connectivity index (χ3n) is 3.72. The van der Waals surface area contributed by atoms with Crippen molar-refractivity contribution >= 4 is 22.1 Å². The summed E-state index contributed by atoms with van der Waals surface area (Å²) in [4.78, 5) is 2.64. The fourth-order valence-electron chi connectivity index (χ4n) is 2.68. The van der Waals surface area contributed by atoms with E-state index in [9.17, 15) is 0 Å². The van der Waals surface area contributed by atoms with Crippen LogP contribution in [0.1, 0.15) is 0 Å². The lowest BCUT2D eigenvalue weighted by atomic mass is 10.0. The molecule has 0 aliphatic heterocycles. The first-order valence-corrected chi connectivity index (χ1v) is 7.87. The van der Waals surface area contributed by atoms with Gasteiger partial charge in [-0.3, -0.25) is 0 Å². The number of benzene rings is 3. The van der Waals surface area contributed by atoms with Gasteiger partial charge in [-0.25, -0.2) is 0 Å². The van der Waals surface area contributed by atoms with Gasteiger partial charge < -0.3 is 0 Å². The molecule has 0 unspecified atom stereocenters. The van der Waals surface area contributed by atoms with E-state index in [1.165, 1.54) is 31.7 Å². The molecule has 1 aromatic heterocycles. The molecule has 4 aromatic rings. The summed E-state index contributed by atoms with van der Waals surface area (Å²) in [6, 6.07) is 30.1. The van der Waals surface area contributed by atoms with Crippen molar-refractivity contribution in [2.75, 3.05) is 0 Å². The van der Waals surface area contributed by atoms with Crippen LogP contribution in [0.3, 0.4) is 0 Å². The maximum absolute atomic E-state index is 2.23. The SMILES string of the molecule is c1ccc(-c2ccc(-c3cccc4ccccc34)s2)cc1. The maximum atomic E-state index is 2.23. The molecule has 0 saturated carbocycles. The molecular weight excluding hydrogens is 272 g/mol. The number of hydrogen-bond acceptors (Lipinski definition) is 1. The Morgan fingerprint density at radius 2 is 1.24 bits per heavy atom. The summed E-state index contributed by atoms with van der Waals surface area (Å²) in [7, 11) is 0. The Kier molecular flexibility index (Phi) is 3.06. The molecule has 0 amide bonds. The van der Waals surface area contributed by atoms with Gasteiger partial charge in [0.05, 0.1) is 0 Å². The van der Waals surface area contributed by atoms with Crippen molar-refractivity contribution in [3.8, 4) is 20.9 Å². The van der Waals surface area contributed by atoms with Gasteiger partial charge in [-0.15, -0.1) is 11.3 Å². The zero-order chi connectivity index (χ0) is 14.1. The van der Waals surface area contributed by atoms with E-state index in [0.29, 0.717) is 0 Å². The Morgan fingerprint density at radius 1 is 0.524 bits per heavy atom. The van der Waals surface area contributed by atoms with Gasteiger partial charge in [0.2, 0.25) is 0 Å². The van der Waals surface area contributed by atoms with E-state index in [2.05, 4.69) is 84.9 Å². The number of thiophene rings is 1. The Morgan fingerprint density at radius 3 is 2.14 bits per heavy atom. The molecule has 0 radical (unpaired) electrons. The molecule has 1 heteroatoms. The highest BCUT2D eigenvalue weighted by Crippen LogP contribution is 2.37. The average Bonchev–Trinajstić information content (AvgIpc) is 3.05. The fraction of sp³-hybridized carbons (Fsp3) is 0. The van der Waals surface area contributed by atoms with Crippen molar-refractivity contribution in [2.45, 2.75) is 0 Å². The van der Waals surface area contributed by atoms with Crippen molar-refractivity contribution in [3.63, 3.8) is 0 Å². The van der Waals surface area contributed by atoms with E-state index < -0.39 is 0 Å². The van der Waals surface area contributed by atoms with Crippen LogP contribution >= 0.6 is 11.3 Å². The van der Waals surface area contributed by atoms with Crippen molar-refractivity contribution in [2.24, 2.45) is 0 Å². The van der Waals surface area contributed by atoms with Crippen LogP contribution in [0.4, 0.5) is 0 Å². The second kappa shape index (κ2) is 5.19. The summed E-state index contributed by atoms with van der Waals surface area (Å²) in [5, 5.41) is 2.62. The van der Waals surface area contributed by atoms with Crippen molar-refractivity contribution in [3.05, 3.63) is 84.9 Å². The van der Waals surface area contributed by atoms with Crippen LogP contribution in [0.2, 0.25) is 0 Å². The van der Waals surface area contributed by atoms with E-state index in [4.69, 9.17) is 0 Å². The number of fused-ring (bicyclic) bond motifs is 1. The molecule has 0 nitrogen and oxygen atoms in total. The van der Waals surface area contributed by atoms with Gasteiger partial charge in [0, 0.05) is 9.75 Å². The van der Waals surface area contributed by atoms with Crippen LogP contribution in [0.5, 0.6) is 0 Å². The first-order chi connectivity index (χ1) is 10.4. The van der Waals surface area contributed by atoms with Crippen LogP contribution in [-0.4, -0.2) is 0 Å². The summed E-state index contributed by atoms with van der Waals surface area (Å²) in [5.74, 6) is 0. The summed E-state index contributed by atoms with van der Waals surface area (Å²) in [5.41, 5.74) is 2.61. The Labute approximate surface area is 128 Å². The summed E-state index contributed by atoms with van der Waals surface area (Å²) >= 11 is 1.85. The molecule has 0 atom stereocenters. The molecule has 0 N–H and O–H groups in total. The van der Waals surface area contributed by atoms with Crippen molar-refractivity contribution < 1.29 is 0 Å². The molecule has 0 aliphatic rings. The van der Waals surface area contributed by atoms with Crippen LogP contribution < -0.4 is 0 Å². The lowest BCUT2D eigenvalue weighted by Crippen LogP contribution is -1.76. The van der Waals surface area contributed by atoms with E-state index in [1.807, 2.05) is 11.3 Å². The lowest BCUT2D eigenvalue weighted by molar-refractivity contribution is 1.70. The van der Waals surface area contributed by atoms with E-state index in [1.54, 1.807) is 0 Å². The Bertz CT molecular complexity index is 883. The normalized spacial score (nSPS) is 10.9. The topological polar surface area (TPSA) is 0 Å². The summed E-state index contributed by atoms with van der Waals surface area (Å²) < 4.78 is 0. The Hall–Kier alpha value is -2.38. The maximum Gasteiger partial charge on any atom is 0.0355 e. The first-order valence-electron chi connectivity index (χ1n) is 7.05. The lowest BCUT2D eigenvalue weighted by Gasteiger charge is -2.04. The third kappa shape index (κ3) is 2.26. The highest BCUT2D eigenvalue weighted by atomic mass is 32.1. The van der Waals surface area contributed by atoms with Gasteiger partial charge in [-0.2, -0.15) is 0 Å². The van der Waals surface area contributed by atoms with E-state index >= 15 is 0 Å². The second-order valence-electron chi connectivity index (χ2n) is 5.06. The first kappa shape index (κ1) is 12.4. The fourth-order valence-corrected chi connectivity index (χ4v) is 3.73. The minimum atomic E-state index is 1.29. The van der Waals surface area contributed by atoms with Gasteiger partial charge >= 0.3 is 0 Å². The zero-order valence-corrected chi connectivity index (χ0v) is 12.3. The Balaban J connectivity index is 1.85. The molecule has 100 valence electrons. The quantitative estimate of drug-likeness (QED) is 0.409. The predicted octanol–water partition coefficient (Wildman–Crippen LogP) is 6.24. The molecular formula is C20H14S. The highest BCUT2D eigenvalue weighted by molar-refractivity contribution is 7.18. The molecule has 0 aliphatic carbocycles. The molecule has 4 rings (SSSR count). The van der Waals surface area contributed by atoms with Gasteiger partial charge in [0.25, 0.3) is 0 Å². The molecule has 1 heterocycles. The highest BCUT2D eigenvalue weighted by Gasteiger charge is 2.07. The molecule has 0 bridgehead atoms. The van der Waals surface area contributed by atoms with E-state index in [-0.39, 0.29) is 0 Å². The van der Waals surface area contributed by atoms with Gasteiger partial charge in [-0.05, 0) is 34.0 Å². The largest absolute Gasteiger partial charge is 0.135 e. The molecule has 0 fully saturated rings. The average molecular weight is 286 g/mol. The monoisotopic (exact) mass is 286 g/mol. The minimum absolute atomic E-state index is 1.29. The molecule has 21 heavy (non-hydrogen) atoms. The van der Waals surface area contributed by atoms with Gasteiger partial charge in [0.1, 0.15) is 0 Å².